The van der Waals surface area contributed by atoms with E-state index in [1.807, 2.05) is 0 Å². The average Bonchev–Trinajstić information content (AvgIpc) is 2.71. The zero-order valence-corrected chi connectivity index (χ0v) is 13.5. The van der Waals surface area contributed by atoms with Crippen molar-refractivity contribution in [2.75, 3.05) is 5.32 Å². The maximum absolute atomic E-state index is 13.6. The fraction of sp³-hybridized carbons (Fsp3) is 0.167. The smallest absolute Gasteiger partial charge is 0.254 e. The van der Waals surface area contributed by atoms with Crippen LogP contribution in [0.15, 0.2) is 42.5 Å². The molecule has 0 saturated heterocycles. The normalized spacial score (nSPS) is 16.2. The topological polar surface area (TPSA) is 87.3 Å². The molecule has 3 N–H and O–H groups in total. The summed E-state index contributed by atoms with van der Waals surface area (Å²) in [4.78, 5) is 36.4. The van der Waals surface area contributed by atoms with Crippen LogP contribution in [0.25, 0.3) is 0 Å². The number of amides is 3. The van der Waals surface area contributed by atoms with E-state index < -0.39 is 35.4 Å². The summed E-state index contributed by atoms with van der Waals surface area (Å²) < 4.78 is 27.1. The standard InChI is InChI=1S/C18H15F2N3O3/c19-12-5-3-6-13(20)11(12)9-21-16(24)8-15-18(26)22-14-7-2-1-4-10(14)17(25)23-15/h1-7,15H,8-9H2,(H,21,24)(H,22,26)(H,23,25)/t15-/m0/s1. The summed E-state index contributed by atoms with van der Waals surface area (Å²) in [5.74, 6) is -3.21. The number of halogens is 2. The number of carbonyl (C=O) groups excluding carboxylic acids is 3. The number of carbonyl (C=O) groups is 3. The van der Waals surface area contributed by atoms with Gasteiger partial charge in [0.15, 0.2) is 0 Å². The van der Waals surface area contributed by atoms with Crippen LogP contribution in [-0.4, -0.2) is 23.8 Å². The van der Waals surface area contributed by atoms with Gasteiger partial charge < -0.3 is 16.0 Å². The Morgan fingerprint density at radius 3 is 2.46 bits per heavy atom. The molecule has 2 aromatic rings. The lowest BCUT2D eigenvalue weighted by atomic mass is 10.1. The molecule has 1 heterocycles. The second kappa shape index (κ2) is 7.30. The van der Waals surface area contributed by atoms with Crippen molar-refractivity contribution in [2.24, 2.45) is 0 Å². The Hall–Kier alpha value is -3.29. The van der Waals surface area contributed by atoms with E-state index in [-0.39, 0.29) is 24.1 Å². The van der Waals surface area contributed by atoms with Gasteiger partial charge in [-0.15, -0.1) is 0 Å². The van der Waals surface area contributed by atoms with Gasteiger partial charge in [0.1, 0.15) is 17.7 Å². The summed E-state index contributed by atoms with van der Waals surface area (Å²) in [6.45, 7) is -0.361. The fourth-order valence-electron chi connectivity index (χ4n) is 2.60. The molecule has 1 atom stereocenters. The van der Waals surface area contributed by atoms with E-state index in [4.69, 9.17) is 0 Å². The summed E-state index contributed by atoms with van der Waals surface area (Å²) in [6.07, 6.45) is -0.359. The van der Waals surface area contributed by atoms with E-state index in [9.17, 15) is 23.2 Å². The lowest BCUT2D eigenvalue weighted by Gasteiger charge is -2.14. The van der Waals surface area contributed by atoms with Crippen molar-refractivity contribution in [2.45, 2.75) is 19.0 Å². The quantitative estimate of drug-likeness (QED) is 0.777. The van der Waals surface area contributed by atoms with Crippen LogP contribution in [0.2, 0.25) is 0 Å². The predicted molar refractivity (Wildman–Crippen MR) is 89.1 cm³/mol. The van der Waals surface area contributed by atoms with Crippen LogP contribution in [0.1, 0.15) is 22.3 Å². The lowest BCUT2D eigenvalue weighted by molar-refractivity contribution is -0.125. The molecule has 0 unspecified atom stereocenters. The van der Waals surface area contributed by atoms with E-state index in [2.05, 4.69) is 16.0 Å². The number of anilines is 1. The second-order valence-electron chi connectivity index (χ2n) is 5.74. The van der Waals surface area contributed by atoms with Gasteiger partial charge >= 0.3 is 0 Å². The van der Waals surface area contributed by atoms with E-state index in [1.165, 1.54) is 6.07 Å². The Morgan fingerprint density at radius 1 is 1.04 bits per heavy atom. The van der Waals surface area contributed by atoms with Crippen LogP contribution >= 0.6 is 0 Å². The third kappa shape index (κ3) is 3.69. The molecular formula is C18H15F2N3O3. The molecule has 26 heavy (non-hydrogen) atoms. The SMILES string of the molecule is O=C(C[C@@H]1NC(=O)c2ccccc2NC1=O)NCc1c(F)cccc1F. The Labute approximate surface area is 147 Å². The molecule has 6 nitrogen and oxygen atoms in total. The van der Waals surface area contributed by atoms with Crippen molar-refractivity contribution >= 4 is 23.4 Å². The number of benzene rings is 2. The van der Waals surface area contributed by atoms with Crippen LogP contribution in [-0.2, 0) is 16.1 Å². The second-order valence-corrected chi connectivity index (χ2v) is 5.74. The highest BCUT2D eigenvalue weighted by atomic mass is 19.1. The highest BCUT2D eigenvalue weighted by Gasteiger charge is 2.29. The largest absolute Gasteiger partial charge is 0.352 e. The first-order valence-electron chi connectivity index (χ1n) is 7.86. The minimum absolute atomic E-state index is 0.275. The molecule has 0 aromatic heterocycles. The first kappa shape index (κ1) is 17.5. The monoisotopic (exact) mass is 359 g/mol. The molecule has 1 aliphatic rings. The molecule has 0 spiro atoms. The number of rotatable bonds is 4. The van der Waals surface area contributed by atoms with Crippen LogP contribution in [0.4, 0.5) is 14.5 Å². The zero-order valence-electron chi connectivity index (χ0n) is 13.5. The lowest BCUT2D eigenvalue weighted by Crippen LogP contribution is -2.44. The summed E-state index contributed by atoms with van der Waals surface area (Å²) in [6, 6.07) is 8.74. The molecule has 0 fully saturated rings. The average molecular weight is 359 g/mol. The zero-order chi connectivity index (χ0) is 18.7. The van der Waals surface area contributed by atoms with Crippen molar-refractivity contribution in [3.05, 3.63) is 65.2 Å². The van der Waals surface area contributed by atoms with E-state index in [0.29, 0.717) is 5.69 Å². The number of hydrogen-bond donors (Lipinski definition) is 3. The summed E-state index contributed by atoms with van der Waals surface area (Å²) in [7, 11) is 0. The van der Waals surface area contributed by atoms with Crippen molar-refractivity contribution in [1.29, 1.82) is 0 Å². The number of fused-ring (bicyclic) bond motifs is 1. The maximum atomic E-state index is 13.6. The van der Waals surface area contributed by atoms with Crippen LogP contribution in [0, 0.1) is 11.6 Å². The van der Waals surface area contributed by atoms with Gasteiger partial charge in [-0.1, -0.05) is 18.2 Å². The Morgan fingerprint density at radius 2 is 1.73 bits per heavy atom. The third-order valence-electron chi connectivity index (χ3n) is 3.96. The van der Waals surface area contributed by atoms with Gasteiger partial charge in [0.05, 0.1) is 17.7 Å². The van der Waals surface area contributed by atoms with E-state index in [0.717, 1.165) is 12.1 Å². The van der Waals surface area contributed by atoms with E-state index in [1.54, 1.807) is 24.3 Å². The van der Waals surface area contributed by atoms with Gasteiger partial charge in [0, 0.05) is 12.1 Å². The molecule has 134 valence electrons. The van der Waals surface area contributed by atoms with Gasteiger partial charge in [-0.3, -0.25) is 14.4 Å². The molecule has 1 aliphatic heterocycles. The maximum Gasteiger partial charge on any atom is 0.254 e. The van der Waals surface area contributed by atoms with Crippen molar-refractivity contribution < 1.29 is 23.2 Å². The van der Waals surface area contributed by atoms with Crippen molar-refractivity contribution in [1.82, 2.24) is 10.6 Å². The molecule has 0 aliphatic carbocycles. The fourth-order valence-corrected chi connectivity index (χ4v) is 2.60. The Bertz CT molecular complexity index is 865. The Kier molecular flexibility index (Phi) is 4.92. The molecule has 8 heteroatoms. The van der Waals surface area contributed by atoms with Crippen LogP contribution in [0.3, 0.4) is 0 Å². The van der Waals surface area contributed by atoms with E-state index >= 15 is 0 Å². The number of hydrogen-bond acceptors (Lipinski definition) is 3. The minimum atomic E-state index is -1.10. The first-order valence-corrected chi connectivity index (χ1v) is 7.86. The van der Waals surface area contributed by atoms with Crippen molar-refractivity contribution in [3.63, 3.8) is 0 Å². The van der Waals surface area contributed by atoms with Crippen LogP contribution < -0.4 is 16.0 Å². The minimum Gasteiger partial charge on any atom is -0.352 e. The third-order valence-corrected chi connectivity index (χ3v) is 3.96. The van der Waals surface area contributed by atoms with Gasteiger partial charge in [-0.25, -0.2) is 8.78 Å². The number of para-hydroxylation sites is 1. The highest BCUT2D eigenvalue weighted by molar-refractivity contribution is 6.10. The Balaban J connectivity index is 1.64. The van der Waals surface area contributed by atoms with Crippen LogP contribution in [0.5, 0.6) is 0 Å². The molecular weight excluding hydrogens is 344 g/mol. The van der Waals surface area contributed by atoms with Gasteiger partial charge in [-0.2, -0.15) is 0 Å². The highest BCUT2D eigenvalue weighted by Crippen LogP contribution is 2.19. The molecule has 3 amide bonds. The van der Waals surface area contributed by atoms with Gasteiger partial charge in [-0.05, 0) is 24.3 Å². The summed E-state index contributed by atoms with van der Waals surface area (Å²) >= 11 is 0. The van der Waals surface area contributed by atoms with Gasteiger partial charge in [0.25, 0.3) is 5.91 Å². The number of nitrogens with one attached hydrogen (secondary N) is 3. The molecule has 3 rings (SSSR count). The molecule has 0 radical (unpaired) electrons. The molecule has 2 aromatic carbocycles. The molecule has 0 bridgehead atoms. The van der Waals surface area contributed by atoms with Gasteiger partial charge in [0.2, 0.25) is 11.8 Å². The summed E-state index contributed by atoms with van der Waals surface area (Å²) in [5.41, 5.74) is 0.367. The first-order chi connectivity index (χ1) is 12.5. The summed E-state index contributed by atoms with van der Waals surface area (Å²) in [5, 5.41) is 7.41. The predicted octanol–water partition coefficient (Wildman–Crippen LogP) is 1.72. The van der Waals surface area contributed by atoms with Crippen molar-refractivity contribution in [3.8, 4) is 0 Å². The molecule has 0 saturated carbocycles.